The molecule has 1 N–H and O–H groups in total. The number of aliphatic carboxylic acids is 1. The highest BCUT2D eigenvalue weighted by Gasteiger charge is 2.47. The van der Waals surface area contributed by atoms with Gasteiger partial charge in [0, 0.05) is 0 Å². The van der Waals surface area contributed by atoms with Crippen molar-refractivity contribution >= 4 is 5.97 Å². The predicted molar refractivity (Wildman–Crippen MR) is 69.3 cm³/mol. The first kappa shape index (κ1) is 18.3. The SMILES string of the molecule is CCCCCCCCCCCC(F)C(F)(F)C(=O)O. The fourth-order valence-electron chi connectivity index (χ4n) is 1.95. The summed E-state index contributed by atoms with van der Waals surface area (Å²) < 4.78 is 38.4. The molecule has 0 heterocycles. The molecule has 0 saturated carbocycles. The number of halogens is 3. The third kappa shape index (κ3) is 8.11. The Morgan fingerprint density at radius 1 is 1.00 bits per heavy atom. The van der Waals surface area contributed by atoms with E-state index in [9.17, 15) is 18.0 Å². The quantitative estimate of drug-likeness (QED) is 0.513. The van der Waals surface area contributed by atoms with E-state index in [0.717, 1.165) is 19.3 Å². The molecule has 0 aliphatic carbocycles. The van der Waals surface area contributed by atoms with Crippen LogP contribution in [0, 0.1) is 0 Å². The third-order valence-corrected chi connectivity index (χ3v) is 3.24. The Balaban J connectivity index is 3.47. The Kier molecular flexibility index (Phi) is 9.70. The lowest BCUT2D eigenvalue weighted by molar-refractivity contribution is -0.175. The highest BCUT2D eigenvalue weighted by molar-refractivity contribution is 5.76. The molecule has 19 heavy (non-hydrogen) atoms. The minimum atomic E-state index is -4.25. The van der Waals surface area contributed by atoms with E-state index in [2.05, 4.69) is 6.92 Å². The molecule has 114 valence electrons. The average Bonchev–Trinajstić information content (AvgIpc) is 2.36. The minimum absolute atomic E-state index is 0.318. The normalized spacial score (nSPS) is 13.5. The fourth-order valence-corrected chi connectivity index (χ4v) is 1.95. The Morgan fingerprint density at radius 2 is 1.42 bits per heavy atom. The molecular weight excluding hydrogens is 257 g/mol. The number of hydrogen-bond donors (Lipinski definition) is 1. The molecule has 0 fully saturated rings. The van der Waals surface area contributed by atoms with Gasteiger partial charge in [0.05, 0.1) is 0 Å². The summed E-state index contributed by atoms with van der Waals surface area (Å²) >= 11 is 0. The van der Waals surface area contributed by atoms with Crippen molar-refractivity contribution in [2.24, 2.45) is 0 Å². The zero-order valence-electron chi connectivity index (χ0n) is 11.6. The summed E-state index contributed by atoms with van der Waals surface area (Å²) in [5.41, 5.74) is 0. The molecule has 1 atom stereocenters. The Labute approximate surface area is 113 Å². The van der Waals surface area contributed by atoms with Crippen molar-refractivity contribution in [1.29, 1.82) is 0 Å². The molecule has 2 nitrogen and oxygen atoms in total. The second-order valence-corrected chi connectivity index (χ2v) is 5.01. The molecule has 0 aliphatic heterocycles. The molecule has 0 aliphatic rings. The van der Waals surface area contributed by atoms with Crippen LogP contribution in [-0.4, -0.2) is 23.2 Å². The van der Waals surface area contributed by atoms with Crippen molar-refractivity contribution in [3.05, 3.63) is 0 Å². The standard InChI is InChI=1S/C14H25F3O2/c1-2-3-4-5-6-7-8-9-10-11-12(15)14(16,17)13(18)19/h12H,2-11H2,1H3,(H,18,19). The molecule has 0 saturated heterocycles. The Morgan fingerprint density at radius 3 is 1.84 bits per heavy atom. The van der Waals surface area contributed by atoms with Gasteiger partial charge in [-0.05, 0) is 6.42 Å². The van der Waals surface area contributed by atoms with Crippen molar-refractivity contribution in [3.8, 4) is 0 Å². The average molecular weight is 282 g/mol. The number of carboxylic acids is 1. The lowest BCUT2D eigenvalue weighted by atomic mass is 10.0. The first-order valence-corrected chi connectivity index (χ1v) is 7.18. The van der Waals surface area contributed by atoms with Crippen LogP contribution in [0.5, 0.6) is 0 Å². The summed E-state index contributed by atoms with van der Waals surface area (Å²) in [6.07, 6.45) is 5.98. The second-order valence-electron chi connectivity index (χ2n) is 5.01. The molecule has 0 spiro atoms. The maximum atomic E-state index is 13.0. The zero-order valence-corrected chi connectivity index (χ0v) is 11.6. The largest absolute Gasteiger partial charge is 0.477 e. The number of rotatable bonds is 12. The molecule has 0 radical (unpaired) electrons. The van der Waals surface area contributed by atoms with Gasteiger partial charge in [-0.3, -0.25) is 0 Å². The van der Waals surface area contributed by atoms with Crippen LogP contribution in [0.15, 0.2) is 0 Å². The summed E-state index contributed by atoms with van der Waals surface area (Å²) in [5.74, 6) is -6.63. The Hall–Kier alpha value is -0.740. The molecule has 1 unspecified atom stereocenters. The number of carbonyl (C=O) groups is 1. The minimum Gasteiger partial charge on any atom is -0.477 e. The van der Waals surface area contributed by atoms with Crippen LogP contribution < -0.4 is 0 Å². The van der Waals surface area contributed by atoms with E-state index in [0.29, 0.717) is 12.8 Å². The smallest absolute Gasteiger partial charge is 0.377 e. The monoisotopic (exact) mass is 282 g/mol. The van der Waals surface area contributed by atoms with E-state index >= 15 is 0 Å². The summed E-state index contributed by atoms with van der Waals surface area (Å²) in [4.78, 5) is 10.1. The predicted octanol–water partition coefficient (Wildman–Crippen LogP) is 4.97. The first-order valence-electron chi connectivity index (χ1n) is 7.18. The van der Waals surface area contributed by atoms with Gasteiger partial charge in [-0.1, -0.05) is 64.7 Å². The number of carboxylic acid groups (broad SMARTS) is 1. The zero-order chi connectivity index (χ0) is 14.7. The van der Waals surface area contributed by atoms with E-state index < -0.39 is 18.1 Å². The van der Waals surface area contributed by atoms with E-state index in [-0.39, 0.29) is 6.42 Å². The highest BCUT2D eigenvalue weighted by Crippen LogP contribution is 2.26. The van der Waals surface area contributed by atoms with Crippen LogP contribution >= 0.6 is 0 Å². The van der Waals surface area contributed by atoms with E-state index in [1.165, 1.54) is 25.7 Å². The molecule has 5 heteroatoms. The van der Waals surface area contributed by atoms with Crippen molar-refractivity contribution < 1.29 is 23.1 Å². The van der Waals surface area contributed by atoms with E-state index in [1.807, 2.05) is 0 Å². The topological polar surface area (TPSA) is 37.3 Å². The van der Waals surface area contributed by atoms with Crippen molar-refractivity contribution in [2.75, 3.05) is 0 Å². The lowest BCUT2D eigenvalue weighted by Gasteiger charge is -2.15. The molecular formula is C14H25F3O2. The van der Waals surface area contributed by atoms with Crippen LogP contribution in [0.25, 0.3) is 0 Å². The Bertz CT molecular complexity index is 245. The van der Waals surface area contributed by atoms with Gasteiger partial charge >= 0.3 is 11.9 Å². The molecule has 0 aromatic carbocycles. The molecule has 0 aromatic rings. The van der Waals surface area contributed by atoms with Gasteiger partial charge in [-0.2, -0.15) is 8.78 Å². The maximum Gasteiger partial charge on any atom is 0.377 e. The summed E-state index contributed by atoms with van der Waals surface area (Å²) in [6.45, 7) is 2.15. The third-order valence-electron chi connectivity index (χ3n) is 3.24. The van der Waals surface area contributed by atoms with Gasteiger partial charge in [0.2, 0.25) is 0 Å². The highest BCUT2D eigenvalue weighted by atomic mass is 19.3. The summed E-state index contributed by atoms with van der Waals surface area (Å²) in [5, 5.41) is 8.17. The van der Waals surface area contributed by atoms with Crippen LogP contribution in [0.4, 0.5) is 13.2 Å². The van der Waals surface area contributed by atoms with Gasteiger partial charge in [-0.25, -0.2) is 9.18 Å². The lowest BCUT2D eigenvalue weighted by Crippen LogP contribution is -2.38. The van der Waals surface area contributed by atoms with Crippen LogP contribution in [0.2, 0.25) is 0 Å². The molecule has 0 bridgehead atoms. The molecule has 0 amide bonds. The van der Waals surface area contributed by atoms with Crippen LogP contribution in [-0.2, 0) is 4.79 Å². The maximum absolute atomic E-state index is 13.0. The second kappa shape index (κ2) is 10.1. The van der Waals surface area contributed by atoms with Crippen molar-refractivity contribution in [2.45, 2.75) is 83.2 Å². The number of unbranched alkanes of at least 4 members (excludes halogenated alkanes) is 8. The van der Waals surface area contributed by atoms with E-state index in [4.69, 9.17) is 5.11 Å². The van der Waals surface area contributed by atoms with Gasteiger partial charge < -0.3 is 5.11 Å². The van der Waals surface area contributed by atoms with Gasteiger partial charge in [0.1, 0.15) is 0 Å². The molecule has 0 aromatic heterocycles. The van der Waals surface area contributed by atoms with E-state index in [1.54, 1.807) is 0 Å². The summed E-state index contributed by atoms with van der Waals surface area (Å²) in [7, 11) is 0. The van der Waals surface area contributed by atoms with Gasteiger partial charge in [0.25, 0.3) is 0 Å². The number of hydrogen-bond acceptors (Lipinski definition) is 1. The molecule has 0 rings (SSSR count). The number of alkyl halides is 3. The van der Waals surface area contributed by atoms with Crippen LogP contribution in [0.3, 0.4) is 0 Å². The summed E-state index contributed by atoms with van der Waals surface area (Å²) in [6, 6.07) is 0. The van der Waals surface area contributed by atoms with Crippen LogP contribution in [0.1, 0.15) is 71.1 Å². The van der Waals surface area contributed by atoms with Crippen molar-refractivity contribution in [1.82, 2.24) is 0 Å². The fraction of sp³-hybridized carbons (Fsp3) is 0.929. The van der Waals surface area contributed by atoms with Crippen molar-refractivity contribution in [3.63, 3.8) is 0 Å². The van der Waals surface area contributed by atoms with Gasteiger partial charge in [-0.15, -0.1) is 0 Å². The first-order chi connectivity index (χ1) is 8.92. The van der Waals surface area contributed by atoms with Gasteiger partial charge in [0.15, 0.2) is 6.17 Å².